The van der Waals surface area contributed by atoms with Crippen LogP contribution in [0.15, 0.2) is 66.1 Å². The number of hydrogen-bond donors (Lipinski definition) is 1. The van der Waals surface area contributed by atoms with Crippen molar-refractivity contribution in [3.05, 3.63) is 82.9 Å². The van der Waals surface area contributed by atoms with E-state index in [1.807, 2.05) is 62.3 Å². The van der Waals surface area contributed by atoms with Crippen molar-refractivity contribution in [2.45, 2.75) is 17.8 Å². The van der Waals surface area contributed by atoms with Gasteiger partial charge in [0.1, 0.15) is 0 Å². The van der Waals surface area contributed by atoms with E-state index in [0.29, 0.717) is 27.3 Å². The van der Waals surface area contributed by atoms with Gasteiger partial charge in [0.25, 0.3) is 5.91 Å². The van der Waals surface area contributed by atoms with Crippen molar-refractivity contribution in [3.8, 4) is 5.69 Å². The molecule has 168 valence electrons. The highest BCUT2D eigenvalue weighted by Crippen LogP contribution is 2.26. The van der Waals surface area contributed by atoms with Gasteiger partial charge in [-0.3, -0.25) is 4.79 Å². The Hall–Kier alpha value is -3.43. The van der Waals surface area contributed by atoms with E-state index >= 15 is 0 Å². The number of hydrogen-bond acceptors (Lipinski definition) is 7. The molecule has 4 aromatic rings. The molecule has 0 unspecified atom stereocenters. The maximum atomic E-state index is 13.1. The number of aryl methyl sites for hydroxylation is 1. The highest BCUT2D eigenvalue weighted by atomic mass is 35.5. The van der Waals surface area contributed by atoms with Gasteiger partial charge in [0.05, 0.1) is 11.4 Å². The first-order valence-corrected chi connectivity index (χ1v) is 11.5. The molecule has 2 aromatic heterocycles. The van der Waals surface area contributed by atoms with E-state index in [2.05, 4.69) is 25.6 Å². The van der Waals surface area contributed by atoms with Crippen molar-refractivity contribution in [2.24, 2.45) is 0 Å². The number of rotatable bonds is 7. The van der Waals surface area contributed by atoms with Gasteiger partial charge in [-0.1, -0.05) is 34.6 Å². The number of carbonyl (C=O) groups is 1. The zero-order valence-corrected chi connectivity index (χ0v) is 19.9. The normalized spacial score (nSPS) is 10.8. The zero-order chi connectivity index (χ0) is 23.4. The first-order chi connectivity index (χ1) is 15.9. The minimum absolute atomic E-state index is 0.229. The van der Waals surface area contributed by atoms with Crippen LogP contribution in [0.25, 0.3) is 5.69 Å². The summed E-state index contributed by atoms with van der Waals surface area (Å²) >= 11 is 7.73. The molecule has 0 radical (unpaired) electrons. The molecule has 0 spiro atoms. The van der Waals surface area contributed by atoms with Crippen LogP contribution in [-0.2, 0) is 5.75 Å². The number of thioether (sulfide) groups is 1. The third-order valence-corrected chi connectivity index (χ3v) is 6.19. The van der Waals surface area contributed by atoms with E-state index in [4.69, 9.17) is 11.6 Å². The first kappa shape index (κ1) is 22.8. The van der Waals surface area contributed by atoms with Crippen molar-refractivity contribution in [2.75, 3.05) is 24.3 Å². The fourth-order valence-corrected chi connectivity index (χ4v) is 4.02. The van der Waals surface area contributed by atoms with Gasteiger partial charge in [0, 0.05) is 48.6 Å². The number of anilines is 2. The minimum Gasteiger partial charge on any atom is -0.378 e. The summed E-state index contributed by atoms with van der Waals surface area (Å²) < 4.78 is 1.63. The quantitative estimate of drug-likeness (QED) is 0.305. The van der Waals surface area contributed by atoms with Gasteiger partial charge in [-0.2, -0.15) is 0 Å². The molecule has 2 aromatic carbocycles. The summed E-state index contributed by atoms with van der Waals surface area (Å²) in [5.41, 5.74) is 4.23. The van der Waals surface area contributed by atoms with Gasteiger partial charge in [-0.15, -0.1) is 5.10 Å². The first-order valence-electron chi connectivity index (χ1n) is 10.1. The van der Waals surface area contributed by atoms with Crippen LogP contribution in [0.4, 0.5) is 11.4 Å². The Balaban J connectivity index is 1.65. The second kappa shape index (κ2) is 10.0. The Morgan fingerprint density at radius 3 is 2.52 bits per heavy atom. The second-order valence-electron chi connectivity index (χ2n) is 7.45. The van der Waals surface area contributed by atoms with Crippen LogP contribution in [0, 0.1) is 6.92 Å². The molecule has 0 aliphatic rings. The predicted molar refractivity (Wildman–Crippen MR) is 131 cm³/mol. The maximum Gasteiger partial charge on any atom is 0.278 e. The lowest BCUT2D eigenvalue weighted by Crippen LogP contribution is -2.15. The molecule has 0 aliphatic heterocycles. The topological polar surface area (TPSA) is 88.8 Å². The summed E-state index contributed by atoms with van der Waals surface area (Å²) in [7, 11) is 3.92. The molecule has 0 aliphatic carbocycles. The Morgan fingerprint density at radius 1 is 1.12 bits per heavy atom. The Labute approximate surface area is 201 Å². The van der Waals surface area contributed by atoms with E-state index in [0.717, 1.165) is 16.9 Å². The number of halogens is 1. The number of nitrogens with one attached hydrogen (secondary N) is 1. The molecule has 0 fully saturated rings. The summed E-state index contributed by atoms with van der Waals surface area (Å²) in [5.74, 6) is 0.0480. The highest BCUT2D eigenvalue weighted by molar-refractivity contribution is 7.98. The van der Waals surface area contributed by atoms with Crippen LogP contribution in [0.5, 0.6) is 0 Å². The Morgan fingerprint density at radius 2 is 1.85 bits per heavy atom. The van der Waals surface area contributed by atoms with E-state index in [9.17, 15) is 4.79 Å². The fourth-order valence-electron chi connectivity index (χ4n) is 3.05. The van der Waals surface area contributed by atoms with Crippen LogP contribution in [0.2, 0.25) is 5.02 Å². The number of carbonyl (C=O) groups excluding carboxylic acids is 1. The maximum absolute atomic E-state index is 13.1. The summed E-state index contributed by atoms with van der Waals surface area (Å²) in [6.45, 7) is 1.93. The largest absolute Gasteiger partial charge is 0.378 e. The van der Waals surface area contributed by atoms with Gasteiger partial charge < -0.3 is 10.2 Å². The third kappa shape index (κ3) is 5.32. The second-order valence-corrected chi connectivity index (χ2v) is 8.80. The average Bonchev–Trinajstić information content (AvgIpc) is 3.24. The zero-order valence-electron chi connectivity index (χ0n) is 18.4. The lowest BCUT2D eigenvalue weighted by Gasteiger charge is -2.13. The molecule has 33 heavy (non-hydrogen) atoms. The lowest BCUT2D eigenvalue weighted by molar-refractivity contribution is 0.102. The van der Waals surface area contributed by atoms with Crippen molar-refractivity contribution in [1.82, 2.24) is 25.0 Å². The monoisotopic (exact) mass is 479 g/mol. The smallest absolute Gasteiger partial charge is 0.278 e. The van der Waals surface area contributed by atoms with Crippen LogP contribution in [-0.4, -0.2) is 45.0 Å². The standard InChI is InChI=1S/C23H22ClN7OS/c1-15-5-8-18(13-19(15)24)31-20(14-33-23-25-11-4-12-26-23)21(28-29-31)22(32)27-16-6-9-17(10-7-16)30(2)3/h4-13H,14H2,1-3H3,(H,27,32). The summed E-state index contributed by atoms with van der Waals surface area (Å²) in [6.07, 6.45) is 3.35. The van der Waals surface area contributed by atoms with Crippen LogP contribution < -0.4 is 10.2 Å². The Bertz CT molecular complexity index is 1260. The van der Waals surface area contributed by atoms with Gasteiger partial charge in [0.15, 0.2) is 10.9 Å². The summed E-state index contributed by atoms with van der Waals surface area (Å²) in [5, 5.41) is 12.6. The molecule has 0 bridgehead atoms. The Kier molecular flexibility index (Phi) is 6.90. The molecule has 0 saturated heterocycles. The van der Waals surface area contributed by atoms with Crippen LogP contribution in [0.3, 0.4) is 0 Å². The fraction of sp³-hybridized carbons (Fsp3) is 0.174. The SMILES string of the molecule is Cc1ccc(-n2nnc(C(=O)Nc3ccc(N(C)C)cc3)c2CSc2ncccn2)cc1Cl. The molecule has 1 N–H and O–H groups in total. The van der Waals surface area contributed by atoms with Gasteiger partial charge in [-0.25, -0.2) is 14.6 Å². The van der Waals surface area contributed by atoms with Gasteiger partial charge >= 0.3 is 0 Å². The predicted octanol–water partition coefficient (Wildman–Crippen LogP) is 4.63. The van der Waals surface area contributed by atoms with Gasteiger partial charge in [0.2, 0.25) is 0 Å². The number of aromatic nitrogens is 5. The molecule has 2 heterocycles. The van der Waals surface area contributed by atoms with E-state index in [1.54, 1.807) is 29.2 Å². The van der Waals surface area contributed by atoms with Crippen LogP contribution >= 0.6 is 23.4 Å². The van der Waals surface area contributed by atoms with Crippen molar-refractivity contribution in [3.63, 3.8) is 0 Å². The molecular weight excluding hydrogens is 458 g/mol. The minimum atomic E-state index is -0.346. The molecule has 1 amide bonds. The van der Waals surface area contributed by atoms with Crippen molar-refractivity contribution >= 4 is 40.6 Å². The molecule has 0 saturated carbocycles. The van der Waals surface area contributed by atoms with Crippen molar-refractivity contribution in [1.29, 1.82) is 0 Å². The number of benzene rings is 2. The highest BCUT2D eigenvalue weighted by Gasteiger charge is 2.22. The molecular formula is C23H22ClN7OS. The molecule has 4 rings (SSSR count). The number of nitrogens with zero attached hydrogens (tertiary/aromatic N) is 6. The molecule has 0 atom stereocenters. The third-order valence-electron chi connectivity index (χ3n) is 4.90. The molecule has 10 heteroatoms. The summed E-state index contributed by atoms with van der Waals surface area (Å²) in [4.78, 5) is 23.6. The lowest BCUT2D eigenvalue weighted by atomic mass is 10.2. The van der Waals surface area contributed by atoms with Gasteiger partial charge in [-0.05, 0) is 55.0 Å². The van der Waals surface area contributed by atoms with E-state index in [-0.39, 0.29) is 11.6 Å². The van der Waals surface area contributed by atoms with E-state index < -0.39 is 0 Å². The summed E-state index contributed by atoms with van der Waals surface area (Å²) in [6, 6.07) is 14.9. The number of amides is 1. The average molecular weight is 480 g/mol. The van der Waals surface area contributed by atoms with Crippen molar-refractivity contribution < 1.29 is 4.79 Å². The van der Waals surface area contributed by atoms with Crippen LogP contribution in [0.1, 0.15) is 21.7 Å². The van der Waals surface area contributed by atoms with E-state index in [1.165, 1.54) is 11.8 Å². The molecule has 8 nitrogen and oxygen atoms in total.